The van der Waals surface area contributed by atoms with Crippen molar-refractivity contribution in [2.75, 3.05) is 0 Å². The first kappa shape index (κ1) is 15.5. The van der Waals surface area contributed by atoms with E-state index in [1.54, 1.807) is 6.20 Å². The highest BCUT2D eigenvalue weighted by Crippen LogP contribution is 2.40. The van der Waals surface area contributed by atoms with Crippen LogP contribution in [0.25, 0.3) is 0 Å². The second kappa shape index (κ2) is 5.85. The molecule has 2 rings (SSSR count). The van der Waals surface area contributed by atoms with Crippen LogP contribution in [0.3, 0.4) is 0 Å². The van der Waals surface area contributed by atoms with Gasteiger partial charge in [0.2, 0.25) is 0 Å². The van der Waals surface area contributed by atoms with Gasteiger partial charge in [0.05, 0.1) is 12.7 Å². The molecule has 1 heterocycles. The predicted octanol–water partition coefficient (Wildman–Crippen LogP) is 3.07. The number of hydrogen-bond donors (Lipinski definition) is 1. The molecular formula is C12H11Cl3FN3O. The van der Waals surface area contributed by atoms with E-state index in [1.807, 2.05) is 0 Å². The fourth-order valence-corrected chi connectivity index (χ4v) is 2.59. The largest absolute Gasteiger partial charge is 0.383 e. The van der Waals surface area contributed by atoms with E-state index in [9.17, 15) is 9.50 Å². The van der Waals surface area contributed by atoms with E-state index >= 15 is 0 Å². The molecule has 4 nitrogen and oxygen atoms in total. The van der Waals surface area contributed by atoms with E-state index in [2.05, 4.69) is 10.3 Å². The van der Waals surface area contributed by atoms with Gasteiger partial charge in [-0.15, -0.1) is 5.10 Å². The number of rotatable bonds is 4. The van der Waals surface area contributed by atoms with Crippen molar-refractivity contribution in [3.8, 4) is 0 Å². The van der Waals surface area contributed by atoms with Crippen LogP contribution in [0, 0.1) is 5.82 Å². The highest BCUT2D eigenvalue weighted by molar-refractivity contribution is 6.67. The summed E-state index contributed by atoms with van der Waals surface area (Å²) in [5.74, 6) is -0.411. The highest BCUT2D eigenvalue weighted by atomic mass is 35.6. The maximum Gasteiger partial charge on any atom is 0.193 e. The summed E-state index contributed by atoms with van der Waals surface area (Å²) >= 11 is 17.4. The number of aliphatic hydroxyl groups is 1. The summed E-state index contributed by atoms with van der Waals surface area (Å²) in [6.45, 7) is 0.0343. The maximum atomic E-state index is 13.0. The topological polar surface area (TPSA) is 50.9 Å². The van der Waals surface area contributed by atoms with E-state index in [0.717, 1.165) is 0 Å². The summed E-state index contributed by atoms with van der Waals surface area (Å²) < 4.78 is 12.8. The molecule has 1 N–H and O–H groups in total. The predicted molar refractivity (Wildman–Crippen MR) is 75.2 cm³/mol. The Hall–Kier alpha value is -0.880. The minimum Gasteiger partial charge on any atom is -0.383 e. The van der Waals surface area contributed by atoms with Crippen molar-refractivity contribution in [3.05, 3.63) is 48.0 Å². The summed E-state index contributed by atoms with van der Waals surface area (Å²) in [5.41, 5.74) is -1.08. The highest BCUT2D eigenvalue weighted by Gasteiger charge is 2.38. The minimum absolute atomic E-state index is 0.0343. The second-order valence-electron chi connectivity index (χ2n) is 4.43. The Morgan fingerprint density at radius 1 is 1.20 bits per heavy atom. The first-order valence-electron chi connectivity index (χ1n) is 5.68. The Labute approximate surface area is 130 Å². The number of aromatic nitrogens is 3. The fraction of sp³-hybridized carbons (Fsp3) is 0.333. The quantitative estimate of drug-likeness (QED) is 0.872. The van der Waals surface area contributed by atoms with Crippen molar-refractivity contribution in [2.45, 2.75) is 22.4 Å². The third-order valence-corrected chi connectivity index (χ3v) is 3.17. The van der Waals surface area contributed by atoms with Crippen molar-refractivity contribution < 1.29 is 9.50 Å². The van der Waals surface area contributed by atoms with E-state index in [4.69, 9.17) is 34.8 Å². The van der Waals surface area contributed by atoms with Crippen LogP contribution in [0.2, 0.25) is 0 Å². The zero-order valence-corrected chi connectivity index (χ0v) is 12.4. The molecule has 0 bridgehead atoms. The lowest BCUT2D eigenvalue weighted by atomic mass is 9.91. The molecule has 2 aromatic rings. The van der Waals surface area contributed by atoms with Gasteiger partial charge in [-0.2, -0.15) is 0 Å². The first-order chi connectivity index (χ1) is 9.28. The molecule has 1 aromatic carbocycles. The molecule has 0 spiro atoms. The van der Waals surface area contributed by atoms with Crippen LogP contribution in [0.1, 0.15) is 12.0 Å². The number of alkyl halides is 3. The lowest BCUT2D eigenvalue weighted by Crippen LogP contribution is -2.36. The van der Waals surface area contributed by atoms with Crippen LogP contribution in [-0.4, -0.2) is 23.9 Å². The lowest BCUT2D eigenvalue weighted by molar-refractivity contribution is 0.00692. The Bertz CT molecular complexity index is 556. The van der Waals surface area contributed by atoms with Gasteiger partial charge in [-0.1, -0.05) is 52.1 Å². The molecule has 0 amide bonds. The Morgan fingerprint density at radius 2 is 1.85 bits per heavy atom. The Kier molecular flexibility index (Phi) is 4.54. The normalized spacial score (nSPS) is 15.1. The average molecular weight is 339 g/mol. The van der Waals surface area contributed by atoms with Crippen molar-refractivity contribution >= 4 is 34.8 Å². The third-order valence-electron chi connectivity index (χ3n) is 2.77. The molecule has 0 aliphatic carbocycles. The maximum absolute atomic E-state index is 13.0. The van der Waals surface area contributed by atoms with E-state index < -0.39 is 15.2 Å². The molecule has 1 atom stereocenters. The molecule has 108 valence electrons. The van der Waals surface area contributed by atoms with Gasteiger partial charge in [0.15, 0.2) is 3.79 Å². The first-order valence-corrected chi connectivity index (χ1v) is 6.81. The van der Waals surface area contributed by atoms with Gasteiger partial charge < -0.3 is 5.11 Å². The Morgan fingerprint density at radius 3 is 2.35 bits per heavy atom. The minimum atomic E-state index is -1.66. The molecule has 0 saturated carbocycles. The molecule has 20 heavy (non-hydrogen) atoms. The van der Waals surface area contributed by atoms with Gasteiger partial charge in [0.25, 0.3) is 0 Å². The molecule has 0 aliphatic heterocycles. The summed E-state index contributed by atoms with van der Waals surface area (Å²) in [6, 6.07) is 5.37. The number of benzene rings is 1. The van der Waals surface area contributed by atoms with Crippen LogP contribution < -0.4 is 0 Å². The molecule has 1 aromatic heterocycles. The monoisotopic (exact) mass is 337 g/mol. The van der Waals surface area contributed by atoms with Crippen LogP contribution >= 0.6 is 34.8 Å². The van der Waals surface area contributed by atoms with Gasteiger partial charge in [-0.25, -0.2) is 9.07 Å². The SMILES string of the molecule is OC(Cn1ccnn1)(CC(Cl)(Cl)Cl)c1ccc(F)cc1. The van der Waals surface area contributed by atoms with Crippen molar-refractivity contribution in [1.82, 2.24) is 15.0 Å². The number of halogens is 4. The zero-order chi connectivity index (χ0) is 14.8. The van der Waals surface area contributed by atoms with E-state index in [0.29, 0.717) is 5.56 Å². The van der Waals surface area contributed by atoms with Crippen molar-refractivity contribution in [2.24, 2.45) is 0 Å². The average Bonchev–Trinajstić information content (AvgIpc) is 2.79. The summed E-state index contributed by atoms with van der Waals surface area (Å²) in [6.07, 6.45) is 2.88. The molecule has 0 fully saturated rings. The third kappa shape index (κ3) is 4.06. The van der Waals surface area contributed by atoms with Crippen LogP contribution in [0.4, 0.5) is 4.39 Å². The fourth-order valence-electron chi connectivity index (χ4n) is 1.93. The lowest BCUT2D eigenvalue weighted by Gasteiger charge is -2.31. The molecule has 0 saturated heterocycles. The zero-order valence-electron chi connectivity index (χ0n) is 10.2. The molecule has 0 aliphatic rings. The number of nitrogens with zero attached hydrogens (tertiary/aromatic N) is 3. The van der Waals surface area contributed by atoms with E-state index in [-0.39, 0.29) is 13.0 Å². The van der Waals surface area contributed by atoms with Crippen LogP contribution in [-0.2, 0) is 12.1 Å². The smallest absolute Gasteiger partial charge is 0.193 e. The van der Waals surface area contributed by atoms with Crippen molar-refractivity contribution in [1.29, 1.82) is 0 Å². The van der Waals surface area contributed by atoms with Gasteiger partial charge in [-0.05, 0) is 17.7 Å². The molecular weight excluding hydrogens is 328 g/mol. The second-order valence-corrected chi connectivity index (χ2v) is 6.95. The summed E-state index contributed by atoms with van der Waals surface area (Å²) in [4.78, 5) is 0. The van der Waals surface area contributed by atoms with Crippen LogP contribution in [0.5, 0.6) is 0 Å². The molecule has 0 radical (unpaired) electrons. The molecule has 1 unspecified atom stereocenters. The van der Waals surface area contributed by atoms with Crippen molar-refractivity contribution in [3.63, 3.8) is 0 Å². The van der Waals surface area contributed by atoms with Gasteiger partial charge in [-0.3, -0.25) is 0 Å². The Balaban J connectivity index is 2.34. The van der Waals surface area contributed by atoms with E-state index in [1.165, 1.54) is 35.1 Å². The van der Waals surface area contributed by atoms with Gasteiger partial charge >= 0.3 is 0 Å². The standard InChI is InChI=1S/C12H11Cl3FN3O/c13-12(14,15)7-11(20,8-19-6-5-17-18-19)9-1-3-10(16)4-2-9/h1-6,20H,7-8H2. The number of hydrogen-bond acceptors (Lipinski definition) is 3. The molecule has 8 heteroatoms. The van der Waals surface area contributed by atoms with Gasteiger partial charge in [0, 0.05) is 12.6 Å². The van der Waals surface area contributed by atoms with Gasteiger partial charge in [0.1, 0.15) is 11.4 Å². The summed E-state index contributed by atoms with van der Waals surface area (Å²) in [7, 11) is 0. The van der Waals surface area contributed by atoms with Crippen LogP contribution in [0.15, 0.2) is 36.7 Å². The summed E-state index contributed by atoms with van der Waals surface area (Å²) in [5, 5.41) is 18.2.